The molecule has 1 rings (SSSR count). The van der Waals surface area contributed by atoms with Crippen LogP contribution in [0.4, 0.5) is 0 Å². The second kappa shape index (κ2) is 7.81. The lowest BCUT2D eigenvalue weighted by Gasteiger charge is -2.12. The zero-order valence-electron chi connectivity index (χ0n) is 9.81. The van der Waals surface area contributed by atoms with Crippen LogP contribution < -0.4 is 5.32 Å². The highest BCUT2D eigenvalue weighted by molar-refractivity contribution is 9.11. The molecule has 2 N–H and O–H groups in total. The van der Waals surface area contributed by atoms with Gasteiger partial charge in [-0.25, -0.2) is 4.79 Å². The molecule has 100 valence electrons. The molecule has 1 aromatic heterocycles. The highest BCUT2D eigenvalue weighted by Crippen LogP contribution is 2.24. The number of carbonyl (C=O) groups excluding carboxylic acids is 1. The van der Waals surface area contributed by atoms with E-state index in [2.05, 4.69) is 32.7 Å². The summed E-state index contributed by atoms with van der Waals surface area (Å²) in [6.07, 6.45) is 0.435. The van der Waals surface area contributed by atoms with Crippen LogP contribution in [0.15, 0.2) is 15.2 Å². The molecule has 0 saturated carbocycles. The first-order valence-corrected chi connectivity index (χ1v) is 8.12. The van der Waals surface area contributed by atoms with Crippen molar-refractivity contribution < 1.29 is 14.7 Å². The summed E-state index contributed by atoms with van der Waals surface area (Å²) < 4.78 is 1.10. The first kappa shape index (κ1) is 15.5. The molecule has 7 heteroatoms. The van der Waals surface area contributed by atoms with E-state index >= 15 is 0 Å². The van der Waals surface area contributed by atoms with Crippen LogP contribution >= 0.6 is 39.0 Å². The minimum atomic E-state index is -0.982. The number of carboxylic acids is 1. The van der Waals surface area contributed by atoms with Crippen molar-refractivity contribution in [3.63, 3.8) is 0 Å². The molecule has 0 saturated heterocycles. The summed E-state index contributed by atoms with van der Waals surface area (Å²) in [5.74, 6) is 0.261. The van der Waals surface area contributed by atoms with Crippen LogP contribution in [0.25, 0.3) is 0 Å². The molecule has 1 atom stereocenters. The molecule has 0 fully saturated rings. The average molecular weight is 352 g/mol. The van der Waals surface area contributed by atoms with Gasteiger partial charge >= 0.3 is 5.97 Å². The summed E-state index contributed by atoms with van der Waals surface area (Å²) in [5.41, 5.74) is 1.23. The SMILES string of the molecule is CC(=O)NC(CCSCc1csc(Br)c1)C(=O)O. The molecule has 0 aromatic carbocycles. The fourth-order valence-corrected chi connectivity index (χ4v) is 3.58. The van der Waals surface area contributed by atoms with Crippen molar-refractivity contribution in [2.45, 2.75) is 25.1 Å². The fraction of sp³-hybridized carbons (Fsp3) is 0.455. The number of hydrogen-bond acceptors (Lipinski definition) is 4. The normalized spacial score (nSPS) is 12.1. The predicted octanol–water partition coefficient (Wildman–Crippen LogP) is 2.72. The maximum atomic E-state index is 10.9. The Labute approximate surface area is 122 Å². The van der Waals surface area contributed by atoms with Gasteiger partial charge in [-0.1, -0.05) is 0 Å². The third kappa shape index (κ3) is 5.88. The Balaban J connectivity index is 2.26. The number of hydrogen-bond donors (Lipinski definition) is 2. The maximum absolute atomic E-state index is 10.9. The van der Waals surface area contributed by atoms with Crippen molar-refractivity contribution in [2.75, 3.05) is 5.75 Å². The van der Waals surface area contributed by atoms with Gasteiger partial charge in [0, 0.05) is 12.7 Å². The molecule has 4 nitrogen and oxygen atoms in total. The van der Waals surface area contributed by atoms with Crippen molar-refractivity contribution in [2.24, 2.45) is 0 Å². The molecule has 0 bridgehead atoms. The Kier molecular flexibility index (Phi) is 6.73. The van der Waals surface area contributed by atoms with Gasteiger partial charge in [-0.3, -0.25) is 4.79 Å². The Morgan fingerprint density at radius 2 is 2.33 bits per heavy atom. The van der Waals surface area contributed by atoms with Gasteiger partial charge in [0.1, 0.15) is 6.04 Å². The van der Waals surface area contributed by atoms with E-state index in [1.807, 2.05) is 0 Å². The van der Waals surface area contributed by atoms with E-state index in [4.69, 9.17) is 5.11 Å². The summed E-state index contributed by atoms with van der Waals surface area (Å²) in [6, 6.07) is 1.27. The average Bonchev–Trinajstić information content (AvgIpc) is 2.68. The van der Waals surface area contributed by atoms with E-state index < -0.39 is 12.0 Å². The largest absolute Gasteiger partial charge is 0.480 e. The number of thioether (sulfide) groups is 1. The van der Waals surface area contributed by atoms with Gasteiger partial charge in [0.05, 0.1) is 3.79 Å². The number of rotatable bonds is 7. The molecule has 0 aliphatic rings. The number of nitrogens with one attached hydrogen (secondary N) is 1. The molecule has 0 aliphatic heterocycles. The smallest absolute Gasteiger partial charge is 0.326 e. The van der Waals surface area contributed by atoms with Crippen LogP contribution in [-0.4, -0.2) is 28.8 Å². The predicted molar refractivity (Wildman–Crippen MR) is 78.0 cm³/mol. The summed E-state index contributed by atoms with van der Waals surface area (Å²) in [6.45, 7) is 1.33. The van der Waals surface area contributed by atoms with Crippen LogP contribution in [-0.2, 0) is 15.3 Å². The quantitative estimate of drug-likeness (QED) is 0.741. The van der Waals surface area contributed by atoms with Crippen LogP contribution in [0.1, 0.15) is 18.9 Å². The van der Waals surface area contributed by atoms with E-state index in [-0.39, 0.29) is 5.91 Å². The van der Waals surface area contributed by atoms with Crippen molar-refractivity contribution in [1.82, 2.24) is 5.32 Å². The molecule has 1 unspecified atom stereocenters. The van der Waals surface area contributed by atoms with E-state index in [1.54, 1.807) is 23.1 Å². The lowest BCUT2D eigenvalue weighted by atomic mass is 10.2. The zero-order valence-corrected chi connectivity index (χ0v) is 13.0. The minimum Gasteiger partial charge on any atom is -0.480 e. The molecule has 0 aliphatic carbocycles. The molecule has 0 spiro atoms. The lowest BCUT2D eigenvalue weighted by molar-refractivity contribution is -0.141. The van der Waals surface area contributed by atoms with Crippen molar-refractivity contribution in [1.29, 1.82) is 0 Å². The first-order chi connectivity index (χ1) is 8.49. The van der Waals surface area contributed by atoms with Crippen LogP contribution in [0.5, 0.6) is 0 Å². The fourth-order valence-electron chi connectivity index (χ4n) is 1.32. The lowest BCUT2D eigenvalue weighted by Crippen LogP contribution is -2.39. The van der Waals surface area contributed by atoms with Gasteiger partial charge in [-0.2, -0.15) is 11.8 Å². The highest BCUT2D eigenvalue weighted by Gasteiger charge is 2.17. The topological polar surface area (TPSA) is 66.4 Å². The molecule has 1 amide bonds. The van der Waals surface area contributed by atoms with E-state index in [0.29, 0.717) is 12.2 Å². The Hall–Kier alpha value is -0.530. The van der Waals surface area contributed by atoms with E-state index in [9.17, 15) is 9.59 Å². The van der Waals surface area contributed by atoms with E-state index in [0.717, 1.165) is 9.54 Å². The van der Waals surface area contributed by atoms with Gasteiger partial charge in [0.15, 0.2) is 0 Å². The molecule has 18 heavy (non-hydrogen) atoms. The Bertz CT molecular complexity index is 422. The number of thiophene rings is 1. The summed E-state index contributed by atoms with van der Waals surface area (Å²) in [5, 5.41) is 13.4. The number of carbonyl (C=O) groups is 2. The zero-order chi connectivity index (χ0) is 13.5. The maximum Gasteiger partial charge on any atom is 0.326 e. The van der Waals surface area contributed by atoms with Crippen LogP contribution in [0.2, 0.25) is 0 Å². The molecular weight excluding hydrogens is 338 g/mol. The summed E-state index contributed by atoms with van der Waals surface area (Å²) in [7, 11) is 0. The summed E-state index contributed by atoms with van der Waals surface area (Å²) >= 11 is 6.69. The van der Waals surface area contributed by atoms with Gasteiger partial charge in [-0.05, 0) is 45.1 Å². The van der Waals surface area contributed by atoms with Gasteiger partial charge in [-0.15, -0.1) is 11.3 Å². The summed E-state index contributed by atoms with van der Waals surface area (Å²) in [4.78, 5) is 21.7. The number of carboxylic acid groups (broad SMARTS) is 1. The van der Waals surface area contributed by atoms with E-state index in [1.165, 1.54) is 12.5 Å². The number of halogens is 1. The van der Waals surface area contributed by atoms with Gasteiger partial charge in [0.2, 0.25) is 5.91 Å². The highest BCUT2D eigenvalue weighted by atomic mass is 79.9. The number of amides is 1. The second-order valence-electron chi connectivity index (χ2n) is 3.69. The van der Waals surface area contributed by atoms with Gasteiger partial charge < -0.3 is 10.4 Å². The third-order valence-electron chi connectivity index (χ3n) is 2.12. The Morgan fingerprint density at radius 3 is 2.83 bits per heavy atom. The van der Waals surface area contributed by atoms with Crippen molar-refractivity contribution in [3.8, 4) is 0 Å². The van der Waals surface area contributed by atoms with Crippen molar-refractivity contribution >= 4 is 50.9 Å². The van der Waals surface area contributed by atoms with Crippen molar-refractivity contribution in [3.05, 3.63) is 20.8 Å². The monoisotopic (exact) mass is 351 g/mol. The molecular formula is C11H14BrNO3S2. The first-order valence-electron chi connectivity index (χ1n) is 5.29. The molecule has 0 radical (unpaired) electrons. The van der Waals surface area contributed by atoms with Gasteiger partial charge in [0.25, 0.3) is 0 Å². The third-order valence-corrected chi connectivity index (χ3v) is 4.73. The van der Waals surface area contributed by atoms with Crippen LogP contribution in [0.3, 0.4) is 0 Å². The second-order valence-corrected chi connectivity index (χ2v) is 7.09. The molecule has 1 aromatic rings. The minimum absolute atomic E-state index is 0.311. The number of aliphatic carboxylic acids is 1. The van der Waals surface area contributed by atoms with Crippen LogP contribution in [0, 0.1) is 0 Å². The Morgan fingerprint density at radius 1 is 1.61 bits per heavy atom. The standard InChI is InChI=1S/C11H14BrNO3S2/c1-7(14)13-9(11(15)16)2-3-17-5-8-4-10(12)18-6-8/h4,6,9H,2-3,5H2,1H3,(H,13,14)(H,15,16). The molecule has 1 heterocycles.